The Hall–Kier alpha value is -4.52. The largest absolute Gasteiger partial charge is 0.457 e. The van der Waals surface area contributed by atoms with Crippen LogP contribution in [0.5, 0.6) is 11.5 Å². The number of alkyl halides is 2. The third-order valence-corrected chi connectivity index (χ3v) is 6.37. The highest BCUT2D eigenvalue weighted by Crippen LogP contribution is 2.33. The number of hydrogen-bond donors (Lipinski definition) is 2. The van der Waals surface area contributed by atoms with Crippen molar-refractivity contribution < 1.29 is 17.9 Å². The second kappa shape index (κ2) is 9.74. The van der Waals surface area contributed by atoms with E-state index in [1.54, 1.807) is 58.9 Å². The summed E-state index contributed by atoms with van der Waals surface area (Å²) in [5.74, 6) is 1.14. The lowest BCUT2D eigenvalue weighted by Gasteiger charge is -2.34. The van der Waals surface area contributed by atoms with E-state index in [9.17, 15) is 8.78 Å². The molecule has 0 spiro atoms. The van der Waals surface area contributed by atoms with Gasteiger partial charge in [0.15, 0.2) is 17.3 Å². The quantitative estimate of drug-likeness (QED) is 0.342. The van der Waals surface area contributed by atoms with Crippen molar-refractivity contribution in [3.63, 3.8) is 0 Å². The summed E-state index contributed by atoms with van der Waals surface area (Å²) in [7, 11) is 0. The van der Waals surface area contributed by atoms with Crippen molar-refractivity contribution in [2.45, 2.75) is 19.4 Å². The zero-order valence-electron chi connectivity index (χ0n) is 20.1. The third kappa shape index (κ3) is 4.52. The van der Waals surface area contributed by atoms with Crippen LogP contribution in [0.2, 0.25) is 0 Å². The van der Waals surface area contributed by atoms with Crippen LogP contribution >= 0.6 is 0 Å². The Kier molecular flexibility index (Phi) is 6.12. The van der Waals surface area contributed by atoms with Gasteiger partial charge >= 0.3 is 0 Å². The fraction of sp³-hybridized carbons (Fsp3) is 0.240. The lowest BCUT2D eigenvalue weighted by molar-refractivity contribution is 0.0957. The molecule has 13 heteroatoms. The minimum Gasteiger partial charge on any atom is -0.457 e. The molecule has 0 amide bonds. The van der Waals surface area contributed by atoms with Gasteiger partial charge in [0.05, 0.1) is 17.2 Å². The number of ether oxygens (including phenoxy) is 1. The average Bonchev–Trinajstić information content (AvgIpc) is 3.41. The van der Waals surface area contributed by atoms with Gasteiger partial charge in [-0.1, -0.05) is 0 Å². The summed E-state index contributed by atoms with van der Waals surface area (Å²) in [5.41, 5.74) is 2.01. The van der Waals surface area contributed by atoms with Gasteiger partial charge in [0.2, 0.25) is 0 Å². The maximum Gasteiger partial charge on any atom is 0.255 e. The zero-order valence-corrected chi connectivity index (χ0v) is 20.1. The smallest absolute Gasteiger partial charge is 0.255 e. The molecule has 1 aliphatic heterocycles. The van der Waals surface area contributed by atoms with Gasteiger partial charge in [-0.2, -0.15) is 5.10 Å². The first kappa shape index (κ1) is 23.9. The molecule has 4 aromatic heterocycles. The predicted octanol–water partition coefficient (Wildman–Crippen LogP) is 4.09. The second-order valence-electron chi connectivity index (χ2n) is 8.80. The molecule has 1 fully saturated rings. The molecule has 5 aromatic rings. The molecular formula is C25H22F3N9O. The number of anilines is 3. The Morgan fingerprint density at radius 1 is 1.11 bits per heavy atom. The number of nitrogens with zero attached hydrogens (tertiary/aromatic N) is 7. The standard InChI is InChI=1S/C25H22F3N9O/c1-14-19(38-15-6-8-37-21(10-15)31-13-33-37)4-2-16(22(14)26)34-25-23-17(30-12-32-25)3-5-20(35-23)36-9-7-29-18(11-36)24(27)28/h2-6,8,10,12-13,18,24,29H,7,9,11H2,1H3,(H,30,32,34)/t18-/m1/s1. The number of aromatic nitrogens is 6. The number of piperazine rings is 1. The molecular weight excluding hydrogens is 499 g/mol. The number of nitrogens with one attached hydrogen (secondary N) is 2. The summed E-state index contributed by atoms with van der Waals surface area (Å²) in [6.45, 7) is 2.67. The maximum atomic E-state index is 15.4. The van der Waals surface area contributed by atoms with E-state index in [-0.39, 0.29) is 12.2 Å². The molecule has 194 valence electrons. The van der Waals surface area contributed by atoms with Crippen molar-refractivity contribution in [3.8, 4) is 11.5 Å². The molecule has 10 nitrogen and oxygen atoms in total. The second-order valence-corrected chi connectivity index (χ2v) is 8.80. The molecule has 5 heterocycles. The van der Waals surface area contributed by atoms with E-state index < -0.39 is 18.3 Å². The maximum absolute atomic E-state index is 15.4. The molecule has 1 atom stereocenters. The molecule has 0 bridgehead atoms. The van der Waals surface area contributed by atoms with E-state index in [2.05, 4.69) is 35.7 Å². The molecule has 0 unspecified atom stereocenters. The Morgan fingerprint density at radius 3 is 2.87 bits per heavy atom. The summed E-state index contributed by atoms with van der Waals surface area (Å²) in [6, 6.07) is 9.16. The number of benzene rings is 1. The summed E-state index contributed by atoms with van der Waals surface area (Å²) in [5, 5.41) is 9.87. The molecule has 1 aliphatic rings. The van der Waals surface area contributed by atoms with Crippen LogP contribution in [0, 0.1) is 12.7 Å². The fourth-order valence-corrected chi connectivity index (χ4v) is 4.34. The Bertz CT molecular complexity index is 1630. The van der Waals surface area contributed by atoms with Gasteiger partial charge in [-0.25, -0.2) is 37.6 Å². The van der Waals surface area contributed by atoms with Gasteiger partial charge in [-0.15, -0.1) is 0 Å². The van der Waals surface area contributed by atoms with E-state index in [0.717, 1.165) is 0 Å². The van der Waals surface area contributed by atoms with Crippen molar-refractivity contribution >= 4 is 34.0 Å². The first-order valence-electron chi connectivity index (χ1n) is 11.9. The van der Waals surface area contributed by atoms with Crippen molar-refractivity contribution in [2.24, 2.45) is 0 Å². The van der Waals surface area contributed by atoms with Crippen LogP contribution in [0.15, 0.2) is 55.2 Å². The Labute approximate surface area is 214 Å². The van der Waals surface area contributed by atoms with E-state index in [1.165, 1.54) is 12.7 Å². The highest BCUT2D eigenvalue weighted by Gasteiger charge is 2.27. The fourth-order valence-electron chi connectivity index (χ4n) is 4.34. The summed E-state index contributed by atoms with van der Waals surface area (Å²) < 4.78 is 49.4. The lowest BCUT2D eigenvalue weighted by atomic mass is 10.1. The van der Waals surface area contributed by atoms with Crippen LogP contribution in [-0.2, 0) is 0 Å². The highest BCUT2D eigenvalue weighted by molar-refractivity contribution is 5.88. The monoisotopic (exact) mass is 521 g/mol. The van der Waals surface area contributed by atoms with Gasteiger partial charge in [-0.05, 0) is 37.3 Å². The third-order valence-electron chi connectivity index (χ3n) is 6.37. The lowest BCUT2D eigenvalue weighted by Crippen LogP contribution is -2.54. The first-order valence-corrected chi connectivity index (χ1v) is 11.9. The van der Waals surface area contributed by atoms with E-state index in [4.69, 9.17) is 4.74 Å². The molecule has 38 heavy (non-hydrogen) atoms. The highest BCUT2D eigenvalue weighted by atomic mass is 19.3. The molecule has 1 saturated heterocycles. The number of rotatable bonds is 6. The first-order chi connectivity index (χ1) is 18.5. The van der Waals surface area contributed by atoms with Gasteiger partial charge in [0.25, 0.3) is 6.43 Å². The van der Waals surface area contributed by atoms with Gasteiger partial charge < -0.3 is 20.3 Å². The number of halogens is 3. The van der Waals surface area contributed by atoms with E-state index in [0.29, 0.717) is 58.5 Å². The number of fused-ring (bicyclic) bond motifs is 2. The molecule has 2 N–H and O–H groups in total. The van der Waals surface area contributed by atoms with Gasteiger partial charge in [0, 0.05) is 37.5 Å². The summed E-state index contributed by atoms with van der Waals surface area (Å²) >= 11 is 0. The van der Waals surface area contributed by atoms with Crippen LogP contribution in [0.3, 0.4) is 0 Å². The molecule has 0 radical (unpaired) electrons. The summed E-state index contributed by atoms with van der Waals surface area (Å²) in [6.07, 6.45) is 2.01. The molecule has 1 aromatic carbocycles. The number of hydrogen-bond acceptors (Lipinski definition) is 9. The van der Waals surface area contributed by atoms with Crippen molar-refractivity contribution in [3.05, 3.63) is 66.6 Å². The Balaban J connectivity index is 1.27. The Morgan fingerprint density at radius 2 is 2.00 bits per heavy atom. The van der Waals surface area contributed by atoms with Crippen molar-refractivity contribution in [1.29, 1.82) is 0 Å². The van der Waals surface area contributed by atoms with Crippen molar-refractivity contribution in [1.82, 2.24) is 34.9 Å². The SMILES string of the molecule is Cc1c(Oc2ccn3ncnc3c2)ccc(Nc2ncnc3ccc(N4CCN[C@@H](C(F)F)C4)nc23)c1F. The molecule has 6 rings (SSSR count). The van der Waals surface area contributed by atoms with Crippen molar-refractivity contribution in [2.75, 3.05) is 29.9 Å². The topological polar surface area (TPSA) is 105 Å². The molecule has 0 aliphatic carbocycles. The van der Waals surface area contributed by atoms with Gasteiger partial charge in [-0.3, -0.25) is 0 Å². The predicted molar refractivity (Wildman–Crippen MR) is 135 cm³/mol. The zero-order chi connectivity index (χ0) is 26.2. The van der Waals surface area contributed by atoms with Gasteiger partial charge in [0.1, 0.15) is 35.5 Å². The van der Waals surface area contributed by atoms with Crippen LogP contribution < -0.4 is 20.3 Å². The minimum atomic E-state index is -2.48. The summed E-state index contributed by atoms with van der Waals surface area (Å²) in [4.78, 5) is 19.1. The average molecular weight is 522 g/mol. The van der Waals surface area contributed by atoms with Crippen LogP contribution in [-0.4, -0.2) is 61.7 Å². The van der Waals surface area contributed by atoms with Crippen LogP contribution in [0.4, 0.5) is 30.5 Å². The molecule has 0 saturated carbocycles. The minimum absolute atomic E-state index is 0.117. The van der Waals surface area contributed by atoms with E-state index in [1.807, 2.05) is 0 Å². The normalized spacial score (nSPS) is 15.9. The van der Waals surface area contributed by atoms with Crippen LogP contribution in [0.25, 0.3) is 16.7 Å². The number of pyridine rings is 2. The van der Waals surface area contributed by atoms with E-state index >= 15 is 4.39 Å². The van der Waals surface area contributed by atoms with Crippen LogP contribution in [0.1, 0.15) is 5.56 Å².